The van der Waals surface area contributed by atoms with Gasteiger partial charge in [0.15, 0.2) is 0 Å². The van der Waals surface area contributed by atoms with Crippen LogP contribution < -0.4 is 4.90 Å². The molecule has 27 heavy (non-hydrogen) atoms. The number of hydrogen-bond donors (Lipinski definition) is 1. The molecule has 0 saturated carbocycles. The van der Waals surface area contributed by atoms with E-state index in [0.717, 1.165) is 34.0 Å². The summed E-state index contributed by atoms with van der Waals surface area (Å²) in [7, 11) is 0. The lowest BCUT2D eigenvalue weighted by Gasteiger charge is -2.35. The fourth-order valence-electron chi connectivity index (χ4n) is 4.51. The number of carbonyl (C=O) groups excluding carboxylic acids is 1. The number of phenols is 1. The monoisotopic (exact) mass is 359 g/mol. The Bertz CT molecular complexity index is 1020. The van der Waals surface area contributed by atoms with Crippen LogP contribution in [0.2, 0.25) is 0 Å². The molecule has 1 amide bonds. The number of phenolic OH excluding ortho intramolecular Hbond substituents is 1. The summed E-state index contributed by atoms with van der Waals surface area (Å²) in [6.07, 6.45) is 1.29. The van der Waals surface area contributed by atoms with Gasteiger partial charge >= 0.3 is 0 Å². The second kappa shape index (κ2) is 6.41. The summed E-state index contributed by atoms with van der Waals surface area (Å²) in [6.45, 7) is 6.35. The van der Waals surface area contributed by atoms with Gasteiger partial charge in [0, 0.05) is 23.1 Å². The Labute approximate surface area is 160 Å². The van der Waals surface area contributed by atoms with Gasteiger partial charge in [-0.3, -0.25) is 4.79 Å². The van der Waals surface area contributed by atoms with E-state index in [1.807, 2.05) is 60.4 Å². The molecule has 4 rings (SSSR count). The quantitative estimate of drug-likeness (QED) is 0.650. The summed E-state index contributed by atoms with van der Waals surface area (Å²) in [6, 6.07) is 19.6. The normalized spacial score (nSPS) is 17.9. The molecule has 0 spiro atoms. The van der Waals surface area contributed by atoms with Crippen molar-refractivity contribution in [1.29, 1.82) is 0 Å². The molecule has 3 nitrogen and oxygen atoms in total. The van der Waals surface area contributed by atoms with Crippen molar-refractivity contribution in [3.05, 3.63) is 71.8 Å². The first-order valence-electron chi connectivity index (χ1n) is 9.59. The smallest absolute Gasteiger partial charge is 0.227 e. The molecule has 1 N–H and O–H groups in total. The SMILES string of the molecule is CCCC(=O)N1c2ccccc2C(C)(C)C1c1c(O)ccc2ccccc12. The summed E-state index contributed by atoms with van der Waals surface area (Å²) in [5, 5.41) is 12.9. The first kappa shape index (κ1) is 17.6. The number of nitrogens with zero attached hydrogens (tertiary/aromatic N) is 1. The van der Waals surface area contributed by atoms with Gasteiger partial charge in [-0.15, -0.1) is 0 Å². The van der Waals surface area contributed by atoms with Gasteiger partial charge in [-0.25, -0.2) is 0 Å². The zero-order valence-electron chi connectivity index (χ0n) is 16.1. The van der Waals surface area contributed by atoms with Crippen molar-refractivity contribution in [2.75, 3.05) is 4.90 Å². The van der Waals surface area contributed by atoms with Crippen molar-refractivity contribution in [2.45, 2.75) is 45.1 Å². The lowest BCUT2D eigenvalue weighted by Crippen LogP contribution is -2.38. The van der Waals surface area contributed by atoms with Crippen LogP contribution >= 0.6 is 0 Å². The maximum Gasteiger partial charge on any atom is 0.227 e. The minimum absolute atomic E-state index is 0.104. The van der Waals surface area contributed by atoms with Crippen LogP contribution in [-0.2, 0) is 10.2 Å². The van der Waals surface area contributed by atoms with E-state index in [-0.39, 0.29) is 23.1 Å². The average Bonchev–Trinajstić information content (AvgIpc) is 2.90. The number of anilines is 1. The molecule has 1 aliphatic rings. The van der Waals surface area contributed by atoms with E-state index in [9.17, 15) is 9.90 Å². The van der Waals surface area contributed by atoms with Gasteiger partial charge in [0.05, 0.1) is 6.04 Å². The van der Waals surface area contributed by atoms with Gasteiger partial charge in [0.25, 0.3) is 0 Å². The van der Waals surface area contributed by atoms with Crippen LogP contribution in [0.25, 0.3) is 10.8 Å². The van der Waals surface area contributed by atoms with Gasteiger partial charge in [-0.2, -0.15) is 0 Å². The summed E-state index contributed by atoms with van der Waals surface area (Å²) in [4.78, 5) is 15.1. The number of para-hydroxylation sites is 1. The summed E-state index contributed by atoms with van der Waals surface area (Å²) in [5.74, 6) is 0.349. The molecule has 1 heterocycles. The number of amides is 1. The molecule has 0 bridgehead atoms. The highest BCUT2D eigenvalue weighted by Crippen LogP contribution is 2.55. The molecule has 3 aromatic carbocycles. The molecule has 138 valence electrons. The predicted octanol–water partition coefficient (Wildman–Crippen LogP) is 5.71. The number of rotatable bonds is 3. The fourth-order valence-corrected chi connectivity index (χ4v) is 4.51. The van der Waals surface area contributed by atoms with Crippen LogP contribution in [0.1, 0.15) is 50.8 Å². The third-order valence-electron chi connectivity index (χ3n) is 5.75. The highest BCUT2D eigenvalue weighted by Gasteiger charge is 2.48. The van der Waals surface area contributed by atoms with Crippen LogP contribution in [0.3, 0.4) is 0 Å². The maximum absolute atomic E-state index is 13.2. The molecule has 0 fully saturated rings. The molecular weight excluding hydrogens is 334 g/mol. The zero-order valence-corrected chi connectivity index (χ0v) is 16.1. The molecule has 3 heteroatoms. The Hall–Kier alpha value is -2.81. The zero-order chi connectivity index (χ0) is 19.2. The molecular formula is C24H25NO2. The largest absolute Gasteiger partial charge is 0.508 e. The van der Waals surface area contributed by atoms with E-state index in [1.165, 1.54) is 0 Å². The second-order valence-electron chi connectivity index (χ2n) is 7.87. The summed E-state index contributed by atoms with van der Waals surface area (Å²) < 4.78 is 0. The highest BCUT2D eigenvalue weighted by atomic mass is 16.3. The molecule has 0 aliphatic carbocycles. The van der Waals surface area contributed by atoms with E-state index >= 15 is 0 Å². The van der Waals surface area contributed by atoms with Crippen molar-refractivity contribution >= 4 is 22.4 Å². The third-order valence-corrected chi connectivity index (χ3v) is 5.75. The molecule has 3 aromatic rings. The number of hydrogen-bond acceptors (Lipinski definition) is 2. The molecule has 0 radical (unpaired) electrons. The number of carbonyl (C=O) groups is 1. The topological polar surface area (TPSA) is 40.5 Å². The lowest BCUT2D eigenvalue weighted by molar-refractivity contribution is -0.119. The lowest BCUT2D eigenvalue weighted by atomic mass is 9.76. The third kappa shape index (κ3) is 2.61. The van der Waals surface area contributed by atoms with Crippen LogP contribution in [0, 0.1) is 0 Å². The van der Waals surface area contributed by atoms with Crippen molar-refractivity contribution in [2.24, 2.45) is 0 Å². The van der Waals surface area contributed by atoms with Crippen molar-refractivity contribution in [3.63, 3.8) is 0 Å². The van der Waals surface area contributed by atoms with E-state index < -0.39 is 0 Å². The number of benzene rings is 3. The van der Waals surface area contributed by atoms with Crippen LogP contribution in [0.4, 0.5) is 5.69 Å². The molecule has 0 aromatic heterocycles. The van der Waals surface area contributed by atoms with Gasteiger partial charge in [-0.05, 0) is 34.9 Å². The highest BCUT2D eigenvalue weighted by molar-refractivity contribution is 5.99. The summed E-state index contributed by atoms with van der Waals surface area (Å²) in [5.41, 5.74) is 2.62. The van der Waals surface area contributed by atoms with E-state index in [4.69, 9.17) is 0 Å². The first-order valence-corrected chi connectivity index (χ1v) is 9.59. The minimum atomic E-state index is -0.318. The Morgan fingerprint density at radius 3 is 2.52 bits per heavy atom. The number of aromatic hydroxyl groups is 1. The average molecular weight is 359 g/mol. The van der Waals surface area contributed by atoms with Crippen molar-refractivity contribution in [1.82, 2.24) is 0 Å². The predicted molar refractivity (Wildman–Crippen MR) is 110 cm³/mol. The Morgan fingerprint density at radius 1 is 1.04 bits per heavy atom. The maximum atomic E-state index is 13.2. The van der Waals surface area contributed by atoms with E-state index in [1.54, 1.807) is 6.07 Å². The fraction of sp³-hybridized carbons (Fsp3) is 0.292. The van der Waals surface area contributed by atoms with Gasteiger partial charge in [0.2, 0.25) is 5.91 Å². The van der Waals surface area contributed by atoms with Crippen LogP contribution in [0.15, 0.2) is 60.7 Å². The second-order valence-corrected chi connectivity index (χ2v) is 7.87. The minimum Gasteiger partial charge on any atom is -0.508 e. The Kier molecular flexibility index (Phi) is 4.18. The Morgan fingerprint density at radius 2 is 1.74 bits per heavy atom. The van der Waals surface area contributed by atoms with Crippen LogP contribution in [-0.4, -0.2) is 11.0 Å². The molecule has 1 unspecified atom stereocenters. The van der Waals surface area contributed by atoms with Gasteiger partial charge in [-0.1, -0.05) is 69.3 Å². The van der Waals surface area contributed by atoms with E-state index in [0.29, 0.717) is 6.42 Å². The van der Waals surface area contributed by atoms with E-state index in [2.05, 4.69) is 19.9 Å². The van der Waals surface area contributed by atoms with Gasteiger partial charge in [0.1, 0.15) is 5.75 Å². The first-order chi connectivity index (χ1) is 13.0. The Balaban J connectivity index is 2.01. The number of fused-ring (bicyclic) bond motifs is 2. The standard InChI is InChI=1S/C24H25NO2/c1-4-9-21(27)25-19-13-8-7-12-18(19)24(2,3)23(25)22-17-11-6-5-10-16(17)14-15-20(22)26/h5-8,10-15,23,26H,4,9H2,1-3H3. The van der Waals surface area contributed by atoms with Crippen molar-refractivity contribution in [3.8, 4) is 5.75 Å². The summed E-state index contributed by atoms with van der Waals surface area (Å²) >= 11 is 0. The van der Waals surface area contributed by atoms with Crippen molar-refractivity contribution < 1.29 is 9.90 Å². The van der Waals surface area contributed by atoms with Gasteiger partial charge < -0.3 is 10.0 Å². The molecule has 1 aliphatic heterocycles. The molecule has 0 saturated heterocycles. The molecule has 1 atom stereocenters. The van der Waals surface area contributed by atoms with Crippen LogP contribution in [0.5, 0.6) is 5.75 Å².